The lowest BCUT2D eigenvalue weighted by Gasteiger charge is -2.17. The van der Waals surface area contributed by atoms with E-state index in [0.717, 1.165) is 32.4 Å². The summed E-state index contributed by atoms with van der Waals surface area (Å²) < 4.78 is 6.73. The maximum Gasteiger partial charge on any atom is 0.262 e. The number of hydrogen-bond donors (Lipinski definition) is 1. The normalized spacial score (nSPS) is 10.8. The first-order valence-corrected chi connectivity index (χ1v) is 8.87. The van der Waals surface area contributed by atoms with E-state index in [1.54, 1.807) is 0 Å². The van der Waals surface area contributed by atoms with Crippen LogP contribution in [0, 0.1) is 20.8 Å². The van der Waals surface area contributed by atoms with E-state index in [9.17, 15) is 4.79 Å². The van der Waals surface area contributed by atoms with Crippen molar-refractivity contribution in [3.63, 3.8) is 0 Å². The summed E-state index contributed by atoms with van der Waals surface area (Å²) in [7, 11) is 0. The zero-order chi connectivity index (χ0) is 17.9. The minimum atomic E-state index is -0.149. The molecule has 2 aromatic rings. The Morgan fingerprint density at radius 1 is 1.12 bits per heavy atom. The molecular formula is C20H24BrNO2. The summed E-state index contributed by atoms with van der Waals surface area (Å²) in [4.78, 5) is 12.3. The second-order valence-corrected chi connectivity index (χ2v) is 7.19. The number of para-hydroxylation sites is 1. The Morgan fingerprint density at radius 3 is 2.33 bits per heavy atom. The number of halogens is 1. The van der Waals surface area contributed by atoms with Crippen LogP contribution in [0.2, 0.25) is 0 Å². The van der Waals surface area contributed by atoms with Gasteiger partial charge in [0.05, 0.1) is 0 Å². The summed E-state index contributed by atoms with van der Waals surface area (Å²) in [6.45, 7) is 10.2. The highest BCUT2D eigenvalue weighted by atomic mass is 79.9. The fourth-order valence-electron chi connectivity index (χ4n) is 2.66. The van der Waals surface area contributed by atoms with E-state index < -0.39 is 0 Å². The molecule has 4 heteroatoms. The average molecular weight is 390 g/mol. The molecule has 0 unspecified atom stereocenters. The minimum absolute atomic E-state index is 0.00756. The fraction of sp³-hybridized carbons (Fsp3) is 0.350. The van der Waals surface area contributed by atoms with Crippen molar-refractivity contribution in [2.45, 2.75) is 40.5 Å². The average Bonchev–Trinajstić information content (AvgIpc) is 2.52. The predicted octanol–water partition coefficient (Wildman–Crippen LogP) is 5.52. The fourth-order valence-corrected chi connectivity index (χ4v) is 2.89. The number of ether oxygens (including phenoxy) is 1. The van der Waals surface area contributed by atoms with Crippen molar-refractivity contribution >= 4 is 27.5 Å². The van der Waals surface area contributed by atoms with Crippen LogP contribution in [0.25, 0.3) is 0 Å². The molecule has 2 rings (SSSR count). The largest absolute Gasteiger partial charge is 0.484 e. The highest BCUT2D eigenvalue weighted by Gasteiger charge is 2.13. The predicted molar refractivity (Wildman–Crippen MR) is 103 cm³/mol. The molecule has 0 radical (unpaired) electrons. The van der Waals surface area contributed by atoms with Crippen molar-refractivity contribution < 1.29 is 9.53 Å². The SMILES string of the molecule is Cc1cc(OCC(=O)Nc2c(C)cccc2C(C)C)cc(C)c1Br. The maximum absolute atomic E-state index is 12.3. The van der Waals surface area contributed by atoms with Gasteiger partial charge in [-0.25, -0.2) is 0 Å². The van der Waals surface area contributed by atoms with Gasteiger partial charge in [0.2, 0.25) is 0 Å². The molecule has 0 aromatic heterocycles. The van der Waals surface area contributed by atoms with Crippen molar-refractivity contribution in [3.8, 4) is 5.75 Å². The van der Waals surface area contributed by atoms with Crippen LogP contribution < -0.4 is 10.1 Å². The number of hydrogen-bond acceptors (Lipinski definition) is 2. The van der Waals surface area contributed by atoms with Crippen LogP contribution in [0.3, 0.4) is 0 Å². The van der Waals surface area contributed by atoms with Crippen LogP contribution in [-0.4, -0.2) is 12.5 Å². The van der Waals surface area contributed by atoms with Crippen LogP contribution >= 0.6 is 15.9 Å². The standard InChI is InChI=1S/C20H24BrNO2/c1-12(2)17-8-6-7-13(3)20(17)22-18(23)11-24-16-9-14(4)19(21)15(5)10-16/h6-10,12H,11H2,1-5H3,(H,22,23). The lowest BCUT2D eigenvalue weighted by molar-refractivity contribution is -0.118. The number of aryl methyl sites for hydroxylation is 3. The number of anilines is 1. The molecule has 24 heavy (non-hydrogen) atoms. The van der Waals surface area contributed by atoms with Crippen LogP contribution in [0.5, 0.6) is 5.75 Å². The lowest BCUT2D eigenvalue weighted by atomic mass is 9.98. The molecule has 2 aromatic carbocycles. The number of nitrogens with one attached hydrogen (secondary N) is 1. The van der Waals surface area contributed by atoms with Gasteiger partial charge in [-0.15, -0.1) is 0 Å². The van der Waals surface area contributed by atoms with E-state index in [1.165, 1.54) is 0 Å². The van der Waals surface area contributed by atoms with E-state index in [1.807, 2.05) is 45.0 Å². The topological polar surface area (TPSA) is 38.3 Å². The number of carbonyl (C=O) groups is 1. The van der Waals surface area contributed by atoms with Gasteiger partial charge < -0.3 is 10.1 Å². The second-order valence-electron chi connectivity index (χ2n) is 6.40. The Balaban J connectivity index is 2.07. The number of rotatable bonds is 5. The van der Waals surface area contributed by atoms with Crippen molar-refractivity contribution in [2.75, 3.05) is 11.9 Å². The molecule has 0 heterocycles. The molecule has 0 saturated heterocycles. The molecule has 128 valence electrons. The smallest absolute Gasteiger partial charge is 0.262 e. The monoisotopic (exact) mass is 389 g/mol. The lowest BCUT2D eigenvalue weighted by Crippen LogP contribution is -2.21. The van der Waals surface area contributed by atoms with Crippen molar-refractivity contribution in [3.05, 3.63) is 57.1 Å². The second kappa shape index (κ2) is 7.84. The molecule has 0 fully saturated rings. The zero-order valence-corrected chi connectivity index (χ0v) is 16.5. The van der Waals surface area contributed by atoms with E-state index in [0.29, 0.717) is 11.7 Å². The summed E-state index contributed by atoms with van der Waals surface area (Å²) in [6.07, 6.45) is 0. The minimum Gasteiger partial charge on any atom is -0.484 e. The van der Waals surface area contributed by atoms with Gasteiger partial charge in [0.25, 0.3) is 5.91 Å². The van der Waals surface area contributed by atoms with Gasteiger partial charge in [0, 0.05) is 10.2 Å². The van der Waals surface area contributed by atoms with Crippen LogP contribution in [0.1, 0.15) is 42.0 Å². The van der Waals surface area contributed by atoms with Crippen LogP contribution in [0.4, 0.5) is 5.69 Å². The first kappa shape index (κ1) is 18.5. The third kappa shape index (κ3) is 4.38. The van der Waals surface area contributed by atoms with E-state index in [4.69, 9.17) is 4.74 Å². The first-order chi connectivity index (χ1) is 11.3. The third-order valence-corrected chi connectivity index (χ3v) is 5.22. The maximum atomic E-state index is 12.3. The van der Waals surface area contributed by atoms with E-state index >= 15 is 0 Å². The number of benzene rings is 2. The van der Waals surface area contributed by atoms with Crippen LogP contribution in [0.15, 0.2) is 34.8 Å². The molecule has 0 spiro atoms. The summed E-state index contributed by atoms with van der Waals surface area (Å²) >= 11 is 3.53. The molecule has 0 saturated carbocycles. The Bertz CT molecular complexity index is 730. The zero-order valence-electron chi connectivity index (χ0n) is 14.9. The van der Waals surface area contributed by atoms with E-state index in [2.05, 4.69) is 41.2 Å². The van der Waals surface area contributed by atoms with Gasteiger partial charge in [-0.05, 0) is 61.1 Å². The van der Waals surface area contributed by atoms with E-state index in [-0.39, 0.29) is 12.5 Å². The van der Waals surface area contributed by atoms with Gasteiger partial charge in [-0.3, -0.25) is 4.79 Å². The van der Waals surface area contributed by atoms with Crippen molar-refractivity contribution in [1.29, 1.82) is 0 Å². The molecule has 3 nitrogen and oxygen atoms in total. The Labute approximate surface area is 152 Å². The van der Waals surface area contributed by atoms with Gasteiger partial charge in [-0.2, -0.15) is 0 Å². The van der Waals surface area contributed by atoms with Crippen molar-refractivity contribution in [1.82, 2.24) is 0 Å². The van der Waals surface area contributed by atoms with Crippen molar-refractivity contribution in [2.24, 2.45) is 0 Å². The Kier molecular flexibility index (Phi) is 6.05. The molecule has 0 aliphatic rings. The van der Waals surface area contributed by atoms with Crippen LogP contribution in [-0.2, 0) is 4.79 Å². The Morgan fingerprint density at radius 2 is 1.75 bits per heavy atom. The highest BCUT2D eigenvalue weighted by molar-refractivity contribution is 9.10. The van der Waals surface area contributed by atoms with Gasteiger partial charge >= 0.3 is 0 Å². The highest BCUT2D eigenvalue weighted by Crippen LogP contribution is 2.28. The molecule has 0 aliphatic heterocycles. The molecule has 1 amide bonds. The number of amides is 1. The van der Waals surface area contributed by atoms with Gasteiger partial charge in [-0.1, -0.05) is 48.0 Å². The molecule has 0 bridgehead atoms. The summed E-state index contributed by atoms with van der Waals surface area (Å²) in [6, 6.07) is 9.93. The summed E-state index contributed by atoms with van der Waals surface area (Å²) in [5.74, 6) is 0.902. The third-order valence-electron chi connectivity index (χ3n) is 3.97. The molecular weight excluding hydrogens is 366 g/mol. The summed E-state index contributed by atoms with van der Waals surface area (Å²) in [5.41, 5.74) is 5.27. The van der Waals surface area contributed by atoms with Gasteiger partial charge in [0.1, 0.15) is 5.75 Å². The number of carbonyl (C=O) groups excluding carboxylic acids is 1. The molecule has 0 aliphatic carbocycles. The summed E-state index contributed by atoms with van der Waals surface area (Å²) in [5, 5.41) is 3.00. The first-order valence-electron chi connectivity index (χ1n) is 8.08. The van der Waals surface area contributed by atoms with Gasteiger partial charge in [0.15, 0.2) is 6.61 Å². The quantitative estimate of drug-likeness (QED) is 0.731. The Hall–Kier alpha value is -1.81. The molecule has 1 N–H and O–H groups in total. The molecule has 0 atom stereocenters.